The molecule has 4 heteroatoms. The molecule has 0 atom stereocenters. The molecule has 1 heterocycles. The van der Waals surface area contributed by atoms with Crippen LogP contribution in [-0.2, 0) is 0 Å². The van der Waals surface area contributed by atoms with E-state index in [1.165, 1.54) is 0 Å². The van der Waals surface area contributed by atoms with Crippen LogP contribution in [0.15, 0.2) is 42.5 Å². The van der Waals surface area contributed by atoms with Crippen molar-refractivity contribution in [1.29, 1.82) is 0 Å². The Morgan fingerprint density at radius 1 is 0.826 bits per heavy atom. The van der Waals surface area contributed by atoms with Gasteiger partial charge in [0.1, 0.15) is 13.2 Å². The van der Waals surface area contributed by atoms with Crippen LogP contribution in [-0.4, -0.2) is 24.8 Å². The maximum atomic E-state index is 12.3. The summed E-state index contributed by atoms with van der Waals surface area (Å²) in [4.78, 5) is 24.4. The molecule has 0 saturated heterocycles. The average molecular weight is 310 g/mol. The number of hydrogen-bond donors (Lipinski definition) is 0. The number of aryl methyl sites for hydroxylation is 1. The Hall–Kier alpha value is -2.62. The van der Waals surface area contributed by atoms with E-state index in [0.29, 0.717) is 35.8 Å². The quantitative estimate of drug-likeness (QED) is 0.792. The Morgan fingerprint density at radius 3 is 2.09 bits per heavy atom. The lowest BCUT2D eigenvalue weighted by Crippen LogP contribution is -2.16. The molecule has 2 aromatic carbocycles. The fraction of sp³-hybridized carbons (Fsp3) is 0.263. The highest BCUT2D eigenvalue weighted by Gasteiger charge is 2.16. The van der Waals surface area contributed by atoms with Crippen LogP contribution in [0, 0.1) is 6.92 Å². The largest absolute Gasteiger partial charge is 0.486 e. The summed E-state index contributed by atoms with van der Waals surface area (Å²) >= 11 is 0. The van der Waals surface area contributed by atoms with Crippen molar-refractivity contribution in [2.24, 2.45) is 0 Å². The third kappa shape index (κ3) is 3.59. The first kappa shape index (κ1) is 15.3. The minimum Gasteiger partial charge on any atom is -0.486 e. The van der Waals surface area contributed by atoms with Gasteiger partial charge in [-0.3, -0.25) is 9.59 Å². The van der Waals surface area contributed by atoms with Gasteiger partial charge in [-0.2, -0.15) is 0 Å². The van der Waals surface area contributed by atoms with Gasteiger partial charge in [0.2, 0.25) is 0 Å². The summed E-state index contributed by atoms with van der Waals surface area (Å²) in [5.41, 5.74) is 2.30. The zero-order chi connectivity index (χ0) is 16.2. The van der Waals surface area contributed by atoms with Gasteiger partial charge >= 0.3 is 0 Å². The number of carbonyl (C=O) groups is 2. The average Bonchev–Trinajstić information content (AvgIpc) is 2.59. The molecular weight excluding hydrogens is 292 g/mol. The van der Waals surface area contributed by atoms with Gasteiger partial charge in [0.15, 0.2) is 23.1 Å². The van der Waals surface area contributed by atoms with E-state index in [2.05, 4.69) is 0 Å². The van der Waals surface area contributed by atoms with Crippen LogP contribution < -0.4 is 9.47 Å². The van der Waals surface area contributed by atoms with Crippen molar-refractivity contribution < 1.29 is 19.1 Å². The van der Waals surface area contributed by atoms with E-state index < -0.39 is 0 Å². The van der Waals surface area contributed by atoms with Crippen LogP contribution in [0.25, 0.3) is 0 Å². The molecule has 118 valence electrons. The molecule has 0 aromatic heterocycles. The molecule has 0 N–H and O–H groups in total. The molecule has 0 spiro atoms. The zero-order valence-electron chi connectivity index (χ0n) is 13.0. The number of ketones is 2. The number of Topliss-reactive ketones (excluding diaryl/α,β-unsaturated/α-hetero) is 2. The number of hydrogen-bond acceptors (Lipinski definition) is 4. The van der Waals surface area contributed by atoms with E-state index in [1.807, 2.05) is 19.1 Å². The van der Waals surface area contributed by atoms with Gasteiger partial charge in [0, 0.05) is 24.0 Å². The summed E-state index contributed by atoms with van der Waals surface area (Å²) in [6.45, 7) is 2.97. The van der Waals surface area contributed by atoms with Crippen LogP contribution in [0.5, 0.6) is 11.5 Å². The Bertz CT molecular complexity index is 732. The molecule has 4 nitrogen and oxygen atoms in total. The highest BCUT2D eigenvalue weighted by Crippen LogP contribution is 2.31. The highest BCUT2D eigenvalue weighted by molar-refractivity contribution is 6.02. The Labute approximate surface area is 135 Å². The second-order valence-electron chi connectivity index (χ2n) is 5.57. The normalized spacial score (nSPS) is 12.7. The Kier molecular flexibility index (Phi) is 4.42. The lowest BCUT2D eigenvalue weighted by atomic mass is 10.0. The van der Waals surface area contributed by atoms with E-state index in [4.69, 9.17) is 9.47 Å². The minimum atomic E-state index is -0.0672. The molecular formula is C19H18O4. The Morgan fingerprint density at radius 2 is 1.39 bits per heavy atom. The zero-order valence-corrected chi connectivity index (χ0v) is 13.0. The van der Waals surface area contributed by atoms with E-state index in [-0.39, 0.29) is 24.4 Å². The fourth-order valence-electron chi connectivity index (χ4n) is 2.47. The van der Waals surface area contributed by atoms with Gasteiger partial charge in [0.25, 0.3) is 0 Å². The molecule has 0 amide bonds. The monoisotopic (exact) mass is 310 g/mol. The molecule has 0 saturated carbocycles. The molecule has 1 aliphatic rings. The second kappa shape index (κ2) is 6.65. The Balaban J connectivity index is 1.63. The maximum Gasteiger partial charge on any atom is 0.163 e. The van der Waals surface area contributed by atoms with Crippen molar-refractivity contribution >= 4 is 11.6 Å². The molecule has 3 rings (SSSR count). The van der Waals surface area contributed by atoms with Crippen molar-refractivity contribution in [2.75, 3.05) is 13.2 Å². The smallest absolute Gasteiger partial charge is 0.163 e. The number of ether oxygens (including phenoxy) is 2. The summed E-state index contributed by atoms with van der Waals surface area (Å²) in [6.07, 6.45) is 0.392. The molecule has 0 unspecified atom stereocenters. The first-order valence-electron chi connectivity index (χ1n) is 7.66. The van der Waals surface area contributed by atoms with Crippen LogP contribution >= 0.6 is 0 Å². The lowest BCUT2D eigenvalue weighted by molar-refractivity contribution is 0.0917. The van der Waals surface area contributed by atoms with Crippen LogP contribution in [0.3, 0.4) is 0 Å². The fourth-order valence-corrected chi connectivity index (χ4v) is 2.47. The van der Waals surface area contributed by atoms with Crippen molar-refractivity contribution in [3.8, 4) is 11.5 Å². The van der Waals surface area contributed by atoms with Gasteiger partial charge < -0.3 is 9.47 Å². The van der Waals surface area contributed by atoms with Crippen molar-refractivity contribution in [1.82, 2.24) is 0 Å². The number of fused-ring (bicyclic) bond motifs is 1. The summed E-state index contributed by atoms with van der Waals surface area (Å²) < 4.78 is 10.9. The van der Waals surface area contributed by atoms with Crippen LogP contribution in [0.2, 0.25) is 0 Å². The minimum absolute atomic E-state index is 0.0177. The molecule has 0 aliphatic carbocycles. The first-order chi connectivity index (χ1) is 11.1. The second-order valence-corrected chi connectivity index (χ2v) is 5.57. The third-order valence-electron chi connectivity index (χ3n) is 3.82. The van der Waals surface area contributed by atoms with Gasteiger partial charge in [-0.1, -0.05) is 29.8 Å². The molecule has 1 aliphatic heterocycles. The van der Waals surface area contributed by atoms with Crippen LogP contribution in [0.1, 0.15) is 39.1 Å². The summed E-state index contributed by atoms with van der Waals surface area (Å²) in [5.74, 6) is 1.16. The molecule has 0 radical (unpaired) electrons. The standard InChI is InChI=1S/C19H18O4/c1-13-2-4-14(5-3-13)16(20)7-8-17(21)15-6-9-18-19(12-15)23-11-10-22-18/h2-6,9,12H,7-8,10-11H2,1H3. The maximum absolute atomic E-state index is 12.3. The number of carbonyl (C=O) groups excluding carboxylic acids is 2. The summed E-state index contributed by atoms with van der Waals surface area (Å²) in [7, 11) is 0. The number of rotatable bonds is 5. The van der Waals surface area contributed by atoms with E-state index in [9.17, 15) is 9.59 Å². The summed E-state index contributed by atoms with van der Waals surface area (Å²) in [6, 6.07) is 12.5. The lowest BCUT2D eigenvalue weighted by Gasteiger charge is -2.18. The van der Waals surface area contributed by atoms with Gasteiger partial charge in [0.05, 0.1) is 0 Å². The number of benzene rings is 2. The third-order valence-corrected chi connectivity index (χ3v) is 3.82. The van der Waals surface area contributed by atoms with Gasteiger partial charge in [-0.25, -0.2) is 0 Å². The molecule has 0 bridgehead atoms. The molecule has 0 fully saturated rings. The van der Waals surface area contributed by atoms with E-state index in [0.717, 1.165) is 5.56 Å². The van der Waals surface area contributed by atoms with Crippen molar-refractivity contribution in [3.63, 3.8) is 0 Å². The van der Waals surface area contributed by atoms with E-state index in [1.54, 1.807) is 30.3 Å². The topological polar surface area (TPSA) is 52.6 Å². The molecule has 2 aromatic rings. The van der Waals surface area contributed by atoms with Gasteiger partial charge in [-0.05, 0) is 25.1 Å². The van der Waals surface area contributed by atoms with Crippen molar-refractivity contribution in [2.45, 2.75) is 19.8 Å². The highest BCUT2D eigenvalue weighted by atomic mass is 16.6. The summed E-state index contributed by atoms with van der Waals surface area (Å²) in [5, 5.41) is 0. The first-order valence-corrected chi connectivity index (χ1v) is 7.66. The molecule has 23 heavy (non-hydrogen) atoms. The van der Waals surface area contributed by atoms with Gasteiger partial charge in [-0.15, -0.1) is 0 Å². The predicted molar refractivity (Wildman–Crippen MR) is 86.5 cm³/mol. The van der Waals surface area contributed by atoms with E-state index >= 15 is 0 Å². The predicted octanol–water partition coefficient (Wildman–Crippen LogP) is 3.61. The van der Waals surface area contributed by atoms with Crippen molar-refractivity contribution in [3.05, 3.63) is 59.2 Å². The SMILES string of the molecule is Cc1ccc(C(=O)CCC(=O)c2ccc3c(c2)OCCO3)cc1. The van der Waals surface area contributed by atoms with Crippen LogP contribution in [0.4, 0.5) is 0 Å².